The van der Waals surface area contributed by atoms with E-state index < -0.39 is 0 Å². The molecule has 2 aromatic rings. The summed E-state index contributed by atoms with van der Waals surface area (Å²) < 4.78 is 5.10. The van der Waals surface area contributed by atoms with E-state index in [1.54, 1.807) is 0 Å². The summed E-state index contributed by atoms with van der Waals surface area (Å²) in [6.45, 7) is 5.32. The Hall–Kier alpha value is -1.34. The third-order valence-corrected chi connectivity index (χ3v) is 5.87. The van der Waals surface area contributed by atoms with Crippen molar-refractivity contribution in [1.29, 1.82) is 0 Å². The minimum Gasteiger partial charge on any atom is -0.494 e. The highest BCUT2D eigenvalue weighted by molar-refractivity contribution is 7.14. The molecule has 2 heterocycles. The number of ether oxygens (including phenoxy) is 1. The molecule has 0 spiro atoms. The van der Waals surface area contributed by atoms with Crippen molar-refractivity contribution in [3.8, 4) is 5.75 Å². The van der Waals surface area contributed by atoms with Gasteiger partial charge in [0.1, 0.15) is 0 Å². The van der Waals surface area contributed by atoms with Crippen molar-refractivity contribution in [2.45, 2.75) is 26.3 Å². The van der Waals surface area contributed by atoms with Crippen LogP contribution in [0.3, 0.4) is 0 Å². The highest BCUT2D eigenvalue weighted by Gasteiger charge is 2.18. The zero-order chi connectivity index (χ0) is 18.7. The number of nitrogens with one attached hydrogen (secondary N) is 1. The predicted molar refractivity (Wildman–Crippen MR) is 107 cm³/mol. The zero-order valence-corrected chi connectivity index (χ0v) is 17.0. The molecule has 0 unspecified atom stereocenters. The number of benzene rings is 1. The Morgan fingerprint density at radius 3 is 2.62 bits per heavy atom. The van der Waals surface area contributed by atoms with Crippen LogP contribution in [0.25, 0.3) is 0 Å². The molecule has 0 atom stereocenters. The Morgan fingerprint density at radius 1 is 1.35 bits per heavy atom. The summed E-state index contributed by atoms with van der Waals surface area (Å²) in [4.78, 5) is 19.4. The fourth-order valence-corrected chi connectivity index (χ4v) is 4.28. The average Bonchev–Trinajstić information content (AvgIpc) is 3.03. The maximum absolute atomic E-state index is 12.4. The van der Waals surface area contributed by atoms with E-state index in [0.29, 0.717) is 26.5 Å². The van der Waals surface area contributed by atoms with Crippen LogP contribution in [0, 0.1) is 5.92 Å². The van der Waals surface area contributed by atoms with Crippen molar-refractivity contribution < 1.29 is 9.53 Å². The number of hydrogen-bond acceptors (Lipinski definition) is 5. The van der Waals surface area contributed by atoms with Crippen LogP contribution in [-0.4, -0.2) is 36.0 Å². The van der Waals surface area contributed by atoms with Gasteiger partial charge in [-0.2, -0.15) is 0 Å². The van der Waals surface area contributed by atoms with Gasteiger partial charge >= 0.3 is 0 Å². The maximum Gasteiger partial charge on any atom is 0.257 e. The number of nitrogens with zero attached hydrogens (tertiary/aromatic N) is 2. The standard InChI is InChI=1S/C18H21Cl2N3O2S/c1-11-3-5-23(6-4-11)9-13-10-26-18(21-13)22-17(24)12-7-14(19)16(25-2)15(20)8-12/h7-8,10-11H,3-6,9H2,1-2H3,(H,21,22,24). The number of methoxy groups -OCH3 is 1. The molecular formula is C18H21Cl2N3O2S. The van der Waals surface area contributed by atoms with E-state index in [1.807, 2.05) is 5.38 Å². The molecule has 140 valence electrons. The van der Waals surface area contributed by atoms with E-state index in [0.717, 1.165) is 31.2 Å². The van der Waals surface area contributed by atoms with E-state index in [2.05, 4.69) is 22.1 Å². The number of piperidine rings is 1. The van der Waals surface area contributed by atoms with Crippen LogP contribution < -0.4 is 10.1 Å². The average molecular weight is 414 g/mol. The normalized spacial score (nSPS) is 15.8. The Balaban J connectivity index is 1.63. The van der Waals surface area contributed by atoms with Crippen molar-refractivity contribution in [2.75, 3.05) is 25.5 Å². The molecule has 0 aliphatic carbocycles. The van der Waals surface area contributed by atoms with E-state index in [-0.39, 0.29) is 5.91 Å². The molecule has 5 nitrogen and oxygen atoms in total. The van der Waals surface area contributed by atoms with Gasteiger partial charge in [-0.1, -0.05) is 30.1 Å². The summed E-state index contributed by atoms with van der Waals surface area (Å²) in [6, 6.07) is 3.07. The second-order valence-electron chi connectivity index (χ2n) is 6.53. The van der Waals surface area contributed by atoms with Gasteiger partial charge in [0.2, 0.25) is 0 Å². The van der Waals surface area contributed by atoms with E-state index >= 15 is 0 Å². The number of aromatic nitrogens is 1. The summed E-state index contributed by atoms with van der Waals surface area (Å²) in [5.74, 6) is 0.862. The van der Waals surface area contributed by atoms with Crippen LogP contribution >= 0.6 is 34.5 Å². The molecule has 1 aromatic carbocycles. The summed E-state index contributed by atoms with van der Waals surface area (Å²) in [5, 5.41) is 5.95. The lowest BCUT2D eigenvalue weighted by Crippen LogP contribution is -2.32. The van der Waals surface area contributed by atoms with E-state index in [4.69, 9.17) is 27.9 Å². The molecule has 1 aliphatic rings. The third-order valence-electron chi connectivity index (χ3n) is 4.50. The zero-order valence-electron chi connectivity index (χ0n) is 14.7. The number of hydrogen-bond donors (Lipinski definition) is 1. The van der Waals surface area contributed by atoms with E-state index in [1.165, 1.54) is 43.4 Å². The van der Waals surface area contributed by atoms with Crippen molar-refractivity contribution in [3.05, 3.63) is 38.8 Å². The first-order valence-electron chi connectivity index (χ1n) is 8.47. The molecule has 1 amide bonds. The molecule has 1 aliphatic heterocycles. The minimum atomic E-state index is -0.302. The molecule has 1 N–H and O–H groups in total. The Morgan fingerprint density at radius 2 is 2.00 bits per heavy atom. The Labute approximate surface area is 167 Å². The lowest BCUT2D eigenvalue weighted by molar-refractivity contribution is 0.102. The first kappa shape index (κ1) is 19.4. The summed E-state index contributed by atoms with van der Waals surface area (Å²) in [5.41, 5.74) is 1.34. The molecule has 8 heteroatoms. The molecular weight excluding hydrogens is 393 g/mol. The summed E-state index contributed by atoms with van der Waals surface area (Å²) >= 11 is 13.6. The largest absolute Gasteiger partial charge is 0.494 e. The quantitative estimate of drug-likeness (QED) is 0.753. The van der Waals surface area contributed by atoms with Gasteiger partial charge in [-0.05, 0) is 44.0 Å². The van der Waals surface area contributed by atoms with Crippen molar-refractivity contribution in [2.24, 2.45) is 5.92 Å². The number of carbonyl (C=O) groups excluding carboxylic acids is 1. The molecule has 26 heavy (non-hydrogen) atoms. The van der Waals surface area contributed by atoms with Crippen LogP contribution in [0.2, 0.25) is 10.0 Å². The summed E-state index contributed by atoms with van der Waals surface area (Å²) in [6.07, 6.45) is 2.46. The molecule has 1 aromatic heterocycles. The van der Waals surface area contributed by atoms with Crippen LogP contribution in [0.5, 0.6) is 5.75 Å². The highest BCUT2D eigenvalue weighted by Crippen LogP contribution is 2.34. The van der Waals surface area contributed by atoms with Gasteiger partial charge in [0.25, 0.3) is 5.91 Å². The van der Waals surface area contributed by atoms with Crippen molar-refractivity contribution in [1.82, 2.24) is 9.88 Å². The number of halogens is 2. The van der Waals surface area contributed by atoms with Gasteiger partial charge in [-0.3, -0.25) is 15.0 Å². The molecule has 3 rings (SSSR count). The first-order chi connectivity index (χ1) is 12.5. The molecule has 1 fully saturated rings. The lowest BCUT2D eigenvalue weighted by Gasteiger charge is -2.29. The van der Waals surface area contributed by atoms with Gasteiger partial charge in [-0.15, -0.1) is 11.3 Å². The number of anilines is 1. The van der Waals surface area contributed by atoms with Crippen LogP contribution in [-0.2, 0) is 6.54 Å². The van der Waals surface area contributed by atoms with Gasteiger partial charge in [0.05, 0.1) is 22.8 Å². The van der Waals surface area contributed by atoms with Crippen molar-refractivity contribution in [3.63, 3.8) is 0 Å². The van der Waals surface area contributed by atoms with Gasteiger partial charge in [0, 0.05) is 17.5 Å². The fourth-order valence-electron chi connectivity index (χ4n) is 2.94. The number of thiazole rings is 1. The van der Waals surface area contributed by atoms with Crippen LogP contribution in [0.1, 0.15) is 35.8 Å². The second kappa shape index (κ2) is 8.57. The maximum atomic E-state index is 12.4. The Kier molecular flexibility index (Phi) is 6.40. The molecule has 0 bridgehead atoms. The lowest BCUT2D eigenvalue weighted by atomic mass is 9.99. The topological polar surface area (TPSA) is 54.5 Å². The van der Waals surface area contributed by atoms with Crippen LogP contribution in [0.4, 0.5) is 5.13 Å². The summed E-state index contributed by atoms with van der Waals surface area (Å²) in [7, 11) is 1.48. The number of likely N-dealkylation sites (tertiary alicyclic amines) is 1. The monoisotopic (exact) mass is 413 g/mol. The van der Waals surface area contributed by atoms with E-state index in [9.17, 15) is 4.79 Å². The number of amides is 1. The SMILES string of the molecule is COc1c(Cl)cc(C(=O)Nc2nc(CN3CCC(C)CC3)cs2)cc1Cl. The number of rotatable bonds is 5. The van der Waals surface area contributed by atoms with Crippen LogP contribution in [0.15, 0.2) is 17.5 Å². The number of carbonyl (C=O) groups is 1. The Bertz CT molecular complexity index is 765. The second-order valence-corrected chi connectivity index (χ2v) is 8.20. The van der Waals surface area contributed by atoms with Gasteiger partial charge in [-0.25, -0.2) is 4.98 Å². The third kappa shape index (κ3) is 4.68. The fraction of sp³-hybridized carbons (Fsp3) is 0.444. The van der Waals surface area contributed by atoms with Crippen molar-refractivity contribution >= 4 is 45.6 Å². The first-order valence-corrected chi connectivity index (χ1v) is 10.1. The molecule has 1 saturated heterocycles. The molecule has 0 radical (unpaired) electrons. The smallest absolute Gasteiger partial charge is 0.257 e. The minimum absolute atomic E-state index is 0.296. The highest BCUT2D eigenvalue weighted by atomic mass is 35.5. The van der Waals surface area contributed by atoms with Gasteiger partial charge < -0.3 is 4.74 Å². The van der Waals surface area contributed by atoms with Gasteiger partial charge in [0.15, 0.2) is 10.9 Å². The predicted octanol–water partition coefficient (Wildman–Crippen LogP) is 4.94. The molecule has 0 saturated carbocycles.